The smallest absolute Gasteiger partial charge is 0.250 e. The second-order valence-electron chi connectivity index (χ2n) is 3.93. The van der Waals surface area contributed by atoms with Crippen molar-refractivity contribution in [3.63, 3.8) is 0 Å². The largest absolute Gasteiger partial charge is 0.324 e. The van der Waals surface area contributed by atoms with Gasteiger partial charge < -0.3 is 5.32 Å². The minimum atomic E-state index is -3.67. The summed E-state index contributed by atoms with van der Waals surface area (Å²) in [6.07, 6.45) is 0. The molecule has 1 amide bonds. The summed E-state index contributed by atoms with van der Waals surface area (Å²) in [5.41, 5.74) is 0.362. The number of hydrogen-bond acceptors (Lipinski definition) is 4. The molecule has 1 aromatic heterocycles. The van der Waals surface area contributed by atoms with E-state index in [2.05, 4.69) is 10.0 Å². The first-order valence-corrected chi connectivity index (χ1v) is 8.78. The first-order valence-electron chi connectivity index (χ1n) is 5.66. The second kappa shape index (κ2) is 6.76. The molecule has 0 radical (unpaired) electrons. The fourth-order valence-electron chi connectivity index (χ4n) is 1.43. The van der Waals surface area contributed by atoms with Crippen molar-refractivity contribution in [2.24, 2.45) is 0 Å². The van der Waals surface area contributed by atoms with Gasteiger partial charge in [0.1, 0.15) is 4.21 Å². The lowest BCUT2D eigenvalue weighted by molar-refractivity contribution is -0.115. The molecule has 0 saturated carbocycles. The summed E-state index contributed by atoms with van der Waals surface area (Å²) in [7, 11) is -3.67. The summed E-state index contributed by atoms with van der Waals surface area (Å²) >= 11 is 12.7. The Morgan fingerprint density at radius 2 is 2.00 bits per heavy atom. The molecule has 0 atom stereocenters. The predicted octanol–water partition coefficient (Wildman–Crippen LogP) is 2.97. The van der Waals surface area contributed by atoms with Crippen molar-refractivity contribution < 1.29 is 13.2 Å². The number of carbonyl (C=O) groups is 1. The van der Waals surface area contributed by atoms with Crippen molar-refractivity contribution in [1.29, 1.82) is 0 Å². The van der Waals surface area contributed by atoms with Gasteiger partial charge in [0, 0.05) is 5.02 Å². The Bertz CT molecular complexity index is 746. The van der Waals surface area contributed by atoms with Crippen LogP contribution in [0, 0.1) is 0 Å². The van der Waals surface area contributed by atoms with E-state index < -0.39 is 15.9 Å². The summed E-state index contributed by atoms with van der Waals surface area (Å²) in [4.78, 5) is 11.7. The van der Waals surface area contributed by atoms with Crippen molar-refractivity contribution in [2.75, 3.05) is 11.9 Å². The highest BCUT2D eigenvalue weighted by Gasteiger charge is 2.16. The lowest BCUT2D eigenvalue weighted by atomic mass is 10.3. The topological polar surface area (TPSA) is 75.3 Å². The Hall–Kier alpha value is -1.12. The molecule has 112 valence electrons. The van der Waals surface area contributed by atoms with Crippen LogP contribution in [0.4, 0.5) is 5.69 Å². The Morgan fingerprint density at radius 3 is 2.62 bits per heavy atom. The molecule has 9 heteroatoms. The highest BCUT2D eigenvalue weighted by molar-refractivity contribution is 7.91. The third-order valence-corrected chi connectivity index (χ3v) is 5.73. The lowest BCUT2D eigenvalue weighted by Gasteiger charge is -2.08. The number of amides is 1. The Balaban J connectivity index is 1.97. The number of nitrogens with one attached hydrogen (secondary N) is 2. The number of hydrogen-bond donors (Lipinski definition) is 2. The number of anilines is 1. The molecule has 21 heavy (non-hydrogen) atoms. The number of rotatable bonds is 5. The molecule has 0 saturated heterocycles. The van der Waals surface area contributed by atoms with Gasteiger partial charge in [-0.05, 0) is 29.6 Å². The molecule has 1 heterocycles. The van der Waals surface area contributed by atoms with E-state index in [0.29, 0.717) is 10.7 Å². The van der Waals surface area contributed by atoms with Crippen molar-refractivity contribution in [2.45, 2.75) is 4.21 Å². The average Bonchev–Trinajstić information content (AvgIpc) is 2.95. The zero-order valence-electron chi connectivity index (χ0n) is 10.5. The van der Waals surface area contributed by atoms with Gasteiger partial charge in [-0.3, -0.25) is 4.79 Å². The van der Waals surface area contributed by atoms with Gasteiger partial charge in [0.15, 0.2) is 0 Å². The summed E-state index contributed by atoms with van der Waals surface area (Å²) in [5, 5.41) is 4.86. The van der Waals surface area contributed by atoms with Crippen molar-refractivity contribution in [3.05, 3.63) is 45.8 Å². The Morgan fingerprint density at radius 1 is 1.24 bits per heavy atom. The SMILES string of the molecule is O=C(CNS(=O)(=O)c1cccs1)Nc1ccc(Cl)cc1Cl. The molecular weight excluding hydrogens is 355 g/mol. The van der Waals surface area contributed by atoms with Crippen LogP contribution in [0.1, 0.15) is 0 Å². The molecule has 0 bridgehead atoms. The van der Waals surface area contributed by atoms with E-state index in [1.807, 2.05) is 0 Å². The maximum Gasteiger partial charge on any atom is 0.250 e. The molecule has 5 nitrogen and oxygen atoms in total. The third kappa shape index (κ3) is 4.42. The fourth-order valence-corrected chi connectivity index (χ4v) is 3.91. The van der Waals surface area contributed by atoms with E-state index in [4.69, 9.17) is 23.2 Å². The molecule has 0 aliphatic heterocycles. The first kappa shape index (κ1) is 16.3. The molecule has 1 aromatic carbocycles. The average molecular weight is 365 g/mol. The van der Waals surface area contributed by atoms with Crippen LogP contribution in [-0.2, 0) is 14.8 Å². The second-order valence-corrected chi connectivity index (χ2v) is 7.71. The van der Waals surface area contributed by atoms with Gasteiger partial charge >= 0.3 is 0 Å². The van der Waals surface area contributed by atoms with Crippen LogP contribution in [0.15, 0.2) is 39.9 Å². The standard InChI is InChI=1S/C12H10Cl2N2O3S2/c13-8-3-4-10(9(14)6-8)16-11(17)7-15-21(18,19)12-2-1-5-20-12/h1-6,15H,7H2,(H,16,17). The van der Waals surface area contributed by atoms with Crippen LogP contribution in [0.2, 0.25) is 10.0 Å². The highest BCUT2D eigenvalue weighted by atomic mass is 35.5. The van der Waals surface area contributed by atoms with Crippen molar-refractivity contribution in [3.8, 4) is 0 Å². The van der Waals surface area contributed by atoms with E-state index in [1.54, 1.807) is 17.5 Å². The van der Waals surface area contributed by atoms with Gasteiger partial charge in [0.2, 0.25) is 5.91 Å². The van der Waals surface area contributed by atoms with Crippen LogP contribution in [0.25, 0.3) is 0 Å². The quantitative estimate of drug-likeness (QED) is 0.856. The first-order chi connectivity index (χ1) is 9.88. The van der Waals surface area contributed by atoms with Crippen LogP contribution in [0.3, 0.4) is 0 Å². The van der Waals surface area contributed by atoms with Crippen LogP contribution < -0.4 is 10.0 Å². The minimum absolute atomic E-state index is 0.153. The number of benzene rings is 1. The highest BCUT2D eigenvalue weighted by Crippen LogP contribution is 2.25. The number of carbonyl (C=O) groups excluding carboxylic acids is 1. The van der Waals surface area contributed by atoms with E-state index >= 15 is 0 Å². The van der Waals surface area contributed by atoms with Crippen molar-refractivity contribution in [1.82, 2.24) is 4.72 Å². The summed E-state index contributed by atoms with van der Waals surface area (Å²) in [6.45, 7) is -0.390. The van der Waals surface area contributed by atoms with Gasteiger partial charge in [0.25, 0.3) is 10.0 Å². The Kier molecular flexibility index (Phi) is 5.23. The predicted molar refractivity (Wildman–Crippen MR) is 84.6 cm³/mol. The van der Waals surface area contributed by atoms with Crippen LogP contribution in [-0.4, -0.2) is 20.9 Å². The van der Waals surface area contributed by atoms with Gasteiger partial charge in [-0.1, -0.05) is 29.3 Å². The molecule has 0 unspecified atom stereocenters. The molecule has 0 aliphatic carbocycles. The van der Waals surface area contributed by atoms with E-state index in [-0.39, 0.29) is 15.8 Å². The molecule has 0 spiro atoms. The Labute approximate surface area is 135 Å². The number of halogens is 2. The fraction of sp³-hybridized carbons (Fsp3) is 0.0833. The molecule has 2 N–H and O–H groups in total. The van der Waals surface area contributed by atoms with E-state index in [9.17, 15) is 13.2 Å². The number of thiophene rings is 1. The van der Waals surface area contributed by atoms with Crippen LogP contribution in [0.5, 0.6) is 0 Å². The third-order valence-electron chi connectivity index (χ3n) is 2.39. The van der Waals surface area contributed by atoms with E-state index in [0.717, 1.165) is 11.3 Å². The summed E-state index contributed by atoms with van der Waals surface area (Å²) in [6, 6.07) is 7.66. The zero-order valence-corrected chi connectivity index (χ0v) is 13.6. The monoisotopic (exact) mass is 364 g/mol. The molecule has 2 aromatic rings. The van der Waals surface area contributed by atoms with E-state index in [1.165, 1.54) is 18.2 Å². The summed E-state index contributed by atoms with van der Waals surface area (Å²) in [5.74, 6) is -0.528. The van der Waals surface area contributed by atoms with Gasteiger partial charge in [-0.25, -0.2) is 13.1 Å². The maximum absolute atomic E-state index is 11.8. The normalized spacial score (nSPS) is 11.3. The number of sulfonamides is 1. The molecule has 2 rings (SSSR count). The van der Waals surface area contributed by atoms with Crippen LogP contribution >= 0.6 is 34.5 Å². The van der Waals surface area contributed by atoms with Gasteiger partial charge in [0.05, 0.1) is 17.3 Å². The maximum atomic E-state index is 11.8. The van der Waals surface area contributed by atoms with Gasteiger partial charge in [-0.2, -0.15) is 0 Å². The molecular formula is C12H10Cl2N2O3S2. The lowest BCUT2D eigenvalue weighted by Crippen LogP contribution is -2.32. The van der Waals surface area contributed by atoms with Gasteiger partial charge in [-0.15, -0.1) is 11.3 Å². The van der Waals surface area contributed by atoms with Crippen molar-refractivity contribution >= 4 is 56.2 Å². The summed E-state index contributed by atoms with van der Waals surface area (Å²) < 4.78 is 26.0. The molecule has 0 fully saturated rings. The molecule has 0 aliphatic rings. The minimum Gasteiger partial charge on any atom is -0.324 e. The zero-order chi connectivity index (χ0) is 15.5.